The van der Waals surface area contributed by atoms with Gasteiger partial charge >= 0.3 is 6.61 Å². The van der Waals surface area contributed by atoms with Gasteiger partial charge in [0.05, 0.1) is 23.1 Å². The number of aliphatic hydroxyl groups excluding tert-OH is 1. The van der Waals surface area contributed by atoms with Crippen LogP contribution in [0.5, 0.6) is 5.75 Å². The van der Waals surface area contributed by atoms with Crippen LogP contribution in [0.25, 0.3) is 16.8 Å². The number of aliphatic hydroxyl groups is 2. The lowest BCUT2D eigenvalue weighted by Gasteiger charge is -2.39. The van der Waals surface area contributed by atoms with E-state index in [1.54, 1.807) is 11.3 Å². The van der Waals surface area contributed by atoms with Crippen LogP contribution < -0.4 is 4.74 Å². The summed E-state index contributed by atoms with van der Waals surface area (Å²) in [5.74, 6) is -1.57. The number of hydrogen-bond donors (Lipinski definition) is 2. The summed E-state index contributed by atoms with van der Waals surface area (Å²) in [5, 5.41) is 20.6. The second-order valence-electron chi connectivity index (χ2n) is 9.94. The van der Waals surface area contributed by atoms with Crippen molar-refractivity contribution in [1.82, 2.24) is 19.4 Å². The Morgan fingerprint density at radius 3 is 2.54 bits per heavy atom. The number of fused-ring (bicyclic) bond motifs is 3. The van der Waals surface area contributed by atoms with Crippen molar-refractivity contribution in [1.29, 1.82) is 0 Å². The third-order valence-electron chi connectivity index (χ3n) is 7.16. The van der Waals surface area contributed by atoms with E-state index in [0.717, 1.165) is 18.2 Å². The first kappa shape index (κ1) is 23.8. The summed E-state index contributed by atoms with van der Waals surface area (Å²) in [6.07, 6.45) is 4.61. The highest BCUT2D eigenvalue weighted by molar-refractivity contribution is 5.65. The van der Waals surface area contributed by atoms with E-state index in [4.69, 9.17) is 0 Å². The van der Waals surface area contributed by atoms with E-state index in [9.17, 15) is 23.4 Å². The Bertz CT molecular complexity index is 1500. The van der Waals surface area contributed by atoms with Gasteiger partial charge in [0.25, 0.3) is 0 Å². The van der Waals surface area contributed by atoms with Crippen LogP contribution >= 0.6 is 0 Å². The molecule has 2 unspecified atom stereocenters. The molecule has 2 aliphatic rings. The van der Waals surface area contributed by atoms with Gasteiger partial charge in [-0.25, -0.2) is 23.7 Å². The Hall–Kier alpha value is -3.57. The van der Waals surface area contributed by atoms with E-state index in [0.29, 0.717) is 29.9 Å². The second-order valence-corrected chi connectivity index (χ2v) is 9.94. The van der Waals surface area contributed by atoms with Crippen LogP contribution in [0, 0.1) is 11.6 Å². The molecular weight excluding hydrogens is 492 g/mol. The average molecular weight is 514 g/mol. The first-order valence-corrected chi connectivity index (χ1v) is 11.8. The summed E-state index contributed by atoms with van der Waals surface area (Å²) in [6.45, 7) is -1.37. The molecule has 0 radical (unpaired) electrons. The Labute approximate surface area is 208 Å². The predicted molar refractivity (Wildman–Crippen MR) is 123 cm³/mol. The molecule has 4 aromatic rings. The highest BCUT2D eigenvalue weighted by atomic mass is 19.3. The lowest BCUT2D eigenvalue weighted by atomic mass is 9.72. The summed E-state index contributed by atoms with van der Waals surface area (Å²) < 4.78 is 61.5. The maximum atomic E-state index is 15.1. The Balaban J connectivity index is 1.42. The van der Waals surface area contributed by atoms with Crippen molar-refractivity contribution >= 4 is 5.65 Å². The number of hydrogen-bond acceptors (Lipinski definition) is 6. The minimum Gasteiger partial charge on any atom is -0.435 e. The number of alkyl halides is 2. The zero-order chi connectivity index (χ0) is 26.1. The number of nitrogens with zero attached hydrogens (tertiary/aromatic N) is 4. The normalized spacial score (nSPS) is 24.9. The van der Waals surface area contributed by atoms with E-state index in [-0.39, 0.29) is 40.6 Å². The van der Waals surface area contributed by atoms with E-state index < -0.39 is 35.9 Å². The second kappa shape index (κ2) is 8.49. The molecule has 6 rings (SSSR count). The maximum Gasteiger partial charge on any atom is 0.387 e. The number of halogens is 4. The summed E-state index contributed by atoms with van der Waals surface area (Å²) in [7, 11) is 0. The molecule has 3 aromatic heterocycles. The average Bonchev–Trinajstić information content (AvgIpc) is 3.34. The fraction of sp³-hybridized carbons (Fsp3) is 0.346. The fourth-order valence-corrected chi connectivity index (χ4v) is 5.49. The highest BCUT2D eigenvalue weighted by Crippen LogP contribution is 2.47. The van der Waals surface area contributed by atoms with Crippen LogP contribution in [-0.4, -0.2) is 41.8 Å². The van der Waals surface area contributed by atoms with Crippen LogP contribution in [0.2, 0.25) is 0 Å². The molecule has 1 saturated carbocycles. The number of imidazole rings is 1. The van der Waals surface area contributed by atoms with Crippen molar-refractivity contribution in [2.45, 2.75) is 56.3 Å². The monoisotopic (exact) mass is 514 g/mol. The maximum absolute atomic E-state index is 15.1. The zero-order valence-electron chi connectivity index (χ0n) is 19.6. The summed E-state index contributed by atoms with van der Waals surface area (Å²) in [6, 6.07) is 4.44. The van der Waals surface area contributed by atoms with E-state index in [1.807, 2.05) is 0 Å². The Morgan fingerprint density at radius 1 is 1.14 bits per heavy atom. The number of benzene rings is 1. The van der Waals surface area contributed by atoms with Gasteiger partial charge < -0.3 is 19.4 Å². The molecule has 7 nitrogen and oxygen atoms in total. The standard InChI is InChI=1S/C26H22F4N4O3/c1-26(36)7-12(8-26)24-31-9-13(10-32-24)17-11-34-21(6-18(17)28)33-22-19(35)5-16(23(22)34)15-4-14(27)2-3-20(15)37-25(29)30/h2-4,6,9-12,16,19,25,35-36H,5,7-8H2,1H3. The molecule has 0 bridgehead atoms. The van der Waals surface area contributed by atoms with E-state index in [1.165, 1.54) is 24.7 Å². The van der Waals surface area contributed by atoms with Crippen LogP contribution in [0.3, 0.4) is 0 Å². The Kier molecular flexibility index (Phi) is 5.46. The summed E-state index contributed by atoms with van der Waals surface area (Å²) in [4.78, 5) is 13.1. The van der Waals surface area contributed by atoms with Crippen LogP contribution in [0.1, 0.15) is 66.9 Å². The van der Waals surface area contributed by atoms with Crippen molar-refractivity contribution in [3.8, 4) is 16.9 Å². The molecule has 0 amide bonds. The minimum atomic E-state index is -3.12. The van der Waals surface area contributed by atoms with E-state index >= 15 is 4.39 Å². The molecule has 2 aliphatic carbocycles. The first-order valence-electron chi connectivity index (χ1n) is 11.8. The number of pyridine rings is 1. The van der Waals surface area contributed by atoms with Gasteiger partial charge in [0.15, 0.2) is 0 Å². The van der Waals surface area contributed by atoms with Gasteiger partial charge in [-0.2, -0.15) is 8.78 Å². The molecule has 11 heteroatoms. The van der Waals surface area contributed by atoms with Crippen LogP contribution in [0.15, 0.2) is 42.9 Å². The van der Waals surface area contributed by atoms with Crippen molar-refractivity contribution in [3.63, 3.8) is 0 Å². The largest absolute Gasteiger partial charge is 0.435 e. The van der Waals surface area contributed by atoms with Crippen molar-refractivity contribution in [2.75, 3.05) is 0 Å². The van der Waals surface area contributed by atoms with Crippen molar-refractivity contribution < 1.29 is 32.5 Å². The van der Waals surface area contributed by atoms with Crippen LogP contribution in [0.4, 0.5) is 17.6 Å². The predicted octanol–water partition coefficient (Wildman–Crippen LogP) is 4.87. The summed E-state index contributed by atoms with van der Waals surface area (Å²) >= 11 is 0. The Morgan fingerprint density at radius 2 is 1.86 bits per heavy atom. The van der Waals surface area contributed by atoms with Gasteiger partial charge in [-0.1, -0.05) is 0 Å². The smallest absolute Gasteiger partial charge is 0.387 e. The van der Waals surface area contributed by atoms with Crippen LogP contribution in [-0.2, 0) is 0 Å². The molecule has 37 heavy (non-hydrogen) atoms. The molecule has 1 fully saturated rings. The number of aromatic nitrogens is 4. The van der Waals surface area contributed by atoms with Crippen molar-refractivity contribution in [3.05, 3.63) is 77.3 Å². The molecule has 0 spiro atoms. The fourth-order valence-electron chi connectivity index (χ4n) is 5.49. The first-order chi connectivity index (χ1) is 17.6. The molecule has 3 heterocycles. The molecular formula is C26H22F4N4O3. The number of ether oxygens (including phenoxy) is 1. The summed E-state index contributed by atoms with van der Waals surface area (Å²) in [5.41, 5.74) is 0.878. The highest BCUT2D eigenvalue weighted by Gasteiger charge is 2.41. The van der Waals surface area contributed by atoms with Gasteiger partial charge in [0, 0.05) is 53.2 Å². The lowest BCUT2D eigenvalue weighted by Crippen LogP contribution is -2.39. The van der Waals surface area contributed by atoms with Gasteiger partial charge in [-0.15, -0.1) is 0 Å². The third kappa shape index (κ3) is 4.11. The van der Waals surface area contributed by atoms with Gasteiger partial charge in [-0.05, 0) is 44.4 Å². The van der Waals surface area contributed by atoms with Crippen molar-refractivity contribution in [2.24, 2.45) is 0 Å². The minimum absolute atomic E-state index is 0.0338. The molecule has 0 saturated heterocycles. The van der Waals surface area contributed by atoms with Gasteiger partial charge in [0.2, 0.25) is 0 Å². The topological polar surface area (TPSA) is 92.8 Å². The SMILES string of the molecule is CC1(O)CC(c2ncc(-c3cn4c5c(nc4cc3F)C(O)CC5c3cc(F)ccc3OC(F)F)cn2)C1. The van der Waals surface area contributed by atoms with E-state index in [2.05, 4.69) is 19.7 Å². The van der Waals surface area contributed by atoms with Gasteiger partial charge in [0.1, 0.15) is 28.9 Å². The van der Waals surface area contributed by atoms with Gasteiger partial charge in [-0.3, -0.25) is 0 Å². The molecule has 1 aromatic carbocycles. The molecule has 0 aliphatic heterocycles. The quantitative estimate of drug-likeness (QED) is 0.370. The third-order valence-corrected chi connectivity index (χ3v) is 7.16. The molecule has 2 N–H and O–H groups in total. The molecule has 192 valence electrons. The molecule has 2 atom stereocenters. The lowest BCUT2D eigenvalue weighted by molar-refractivity contribution is -0.0506. The number of rotatable bonds is 5. The zero-order valence-corrected chi connectivity index (χ0v) is 19.6.